The van der Waals surface area contributed by atoms with Gasteiger partial charge in [0.05, 0.1) is 11.7 Å². The van der Waals surface area contributed by atoms with Crippen LogP contribution in [0.3, 0.4) is 0 Å². The Morgan fingerprint density at radius 1 is 1.04 bits per heavy atom. The number of hydrogen-bond donors (Lipinski definition) is 1. The van der Waals surface area contributed by atoms with Crippen molar-refractivity contribution in [1.29, 1.82) is 0 Å². The SMILES string of the molecule is O=C([O-])c1ccccc1C(=O)Nc1nc(-c2ccc(Br)cc2)cs1. The Labute approximate surface area is 150 Å². The number of halogens is 1. The number of rotatable bonds is 4. The van der Waals surface area contributed by atoms with Gasteiger partial charge in [0.15, 0.2) is 5.13 Å². The first-order valence-electron chi connectivity index (χ1n) is 6.88. The third-order valence-corrected chi connectivity index (χ3v) is 4.54. The van der Waals surface area contributed by atoms with Gasteiger partial charge in [0.25, 0.3) is 5.91 Å². The van der Waals surface area contributed by atoms with E-state index < -0.39 is 11.9 Å². The molecule has 0 saturated carbocycles. The number of nitrogens with one attached hydrogen (secondary N) is 1. The lowest BCUT2D eigenvalue weighted by atomic mass is 10.1. The molecule has 24 heavy (non-hydrogen) atoms. The largest absolute Gasteiger partial charge is 0.545 e. The first-order chi connectivity index (χ1) is 11.5. The average molecular weight is 402 g/mol. The van der Waals surface area contributed by atoms with Crippen molar-refractivity contribution >= 4 is 44.3 Å². The standard InChI is InChI=1S/C17H11BrN2O3S/c18-11-7-5-10(6-8-11)14-9-24-17(19-14)20-15(21)12-3-1-2-4-13(12)16(22)23/h1-9H,(H,22,23)(H,19,20,21)/p-1. The minimum atomic E-state index is -1.39. The number of carbonyl (C=O) groups excluding carboxylic acids is 2. The highest BCUT2D eigenvalue weighted by atomic mass is 79.9. The van der Waals surface area contributed by atoms with E-state index >= 15 is 0 Å². The molecule has 5 nitrogen and oxygen atoms in total. The molecule has 3 rings (SSSR count). The molecule has 1 amide bonds. The first kappa shape index (κ1) is 16.4. The van der Waals surface area contributed by atoms with Gasteiger partial charge in [-0.1, -0.05) is 46.3 Å². The molecule has 0 aliphatic carbocycles. The van der Waals surface area contributed by atoms with E-state index in [0.717, 1.165) is 15.7 Å². The summed E-state index contributed by atoms with van der Waals surface area (Å²) in [5.41, 5.74) is 1.54. The molecule has 1 N–H and O–H groups in total. The molecule has 1 aromatic heterocycles. The van der Waals surface area contributed by atoms with Gasteiger partial charge < -0.3 is 9.90 Å². The van der Waals surface area contributed by atoms with Crippen molar-refractivity contribution in [3.05, 3.63) is 69.5 Å². The number of carbonyl (C=O) groups is 2. The zero-order valence-electron chi connectivity index (χ0n) is 12.2. The number of benzene rings is 2. The number of carboxylic acids is 1. The molecule has 7 heteroatoms. The molecule has 0 unspecified atom stereocenters. The summed E-state index contributed by atoms with van der Waals surface area (Å²) in [5.74, 6) is -1.93. The van der Waals surface area contributed by atoms with Gasteiger partial charge in [-0.25, -0.2) is 4.98 Å². The van der Waals surface area contributed by atoms with Crippen LogP contribution in [0.15, 0.2) is 58.4 Å². The van der Waals surface area contributed by atoms with Crippen LogP contribution in [-0.2, 0) is 0 Å². The van der Waals surface area contributed by atoms with Gasteiger partial charge in [0.1, 0.15) is 0 Å². The third-order valence-electron chi connectivity index (χ3n) is 3.26. The van der Waals surface area contributed by atoms with Crippen molar-refractivity contribution in [2.45, 2.75) is 0 Å². The van der Waals surface area contributed by atoms with Gasteiger partial charge in [0, 0.05) is 26.5 Å². The number of carboxylic acid groups (broad SMARTS) is 1. The molecule has 0 atom stereocenters. The first-order valence-corrected chi connectivity index (χ1v) is 8.55. The number of thiazole rings is 1. The molecule has 120 valence electrons. The molecular formula is C17H10BrN2O3S-. The second-order valence-electron chi connectivity index (χ2n) is 4.83. The minimum absolute atomic E-state index is 0.0397. The Hall–Kier alpha value is -2.51. The highest BCUT2D eigenvalue weighted by Crippen LogP contribution is 2.26. The van der Waals surface area contributed by atoms with E-state index in [9.17, 15) is 14.7 Å². The third kappa shape index (κ3) is 3.52. The van der Waals surface area contributed by atoms with E-state index in [1.54, 1.807) is 6.07 Å². The van der Waals surface area contributed by atoms with Crippen molar-refractivity contribution in [1.82, 2.24) is 4.98 Å². The number of hydrogen-bond acceptors (Lipinski definition) is 5. The smallest absolute Gasteiger partial charge is 0.258 e. The number of amides is 1. The predicted molar refractivity (Wildman–Crippen MR) is 94.0 cm³/mol. The second-order valence-corrected chi connectivity index (χ2v) is 6.61. The fourth-order valence-corrected chi connectivity index (χ4v) is 3.09. The number of nitrogens with zero attached hydrogens (tertiary/aromatic N) is 1. The van der Waals surface area contributed by atoms with Crippen LogP contribution in [-0.4, -0.2) is 16.9 Å². The number of anilines is 1. The summed E-state index contributed by atoms with van der Waals surface area (Å²) in [6.45, 7) is 0. The lowest BCUT2D eigenvalue weighted by Crippen LogP contribution is -2.26. The van der Waals surface area contributed by atoms with Crippen LogP contribution in [0, 0.1) is 0 Å². The van der Waals surface area contributed by atoms with Crippen molar-refractivity contribution in [2.75, 3.05) is 5.32 Å². The Morgan fingerprint density at radius 3 is 2.38 bits per heavy atom. The normalized spacial score (nSPS) is 10.4. The number of aromatic carboxylic acids is 1. The summed E-state index contributed by atoms with van der Waals surface area (Å²) < 4.78 is 0.967. The monoisotopic (exact) mass is 401 g/mol. The van der Waals surface area contributed by atoms with Crippen molar-refractivity contribution in [2.24, 2.45) is 0 Å². The number of aromatic nitrogens is 1. The topological polar surface area (TPSA) is 82.1 Å². The van der Waals surface area contributed by atoms with Crippen LogP contribution in [0.1, 0.15) is 20.7 Å². The van der Waals surface area contributed by atoms with Gasteiger partial charge >= 0.3 is 0 Å². The summed E-state index contributed by atoms with van der Waals surface area (Å²) in [7, 11) is 0. The lowest BCUT2D eigenvalue weighted by molar-refractivity contribution is -0.255. The van der Waals surface area contributed by atoms with Crippen LogP contribution in [0.2, 0.25) is 0 Å². The van der Waals surface area contributed by atoms with Crippen LogP contribution in [0.4, 0.5) is 5.13 Å². The molecule has 0 aliphatic rings. The van der Waals surface area contributed by atoms with Crippen LogP contribution < -0.4 is 10.4 Å². The molecule has 1 heterocycles. The Bertz CT molecular complexity index is 906. The van der Waals surface area contributed by atoms with E-state index in [-0.39, 0.29) is 11.1 Å². The van der Waals surface area contributed by atoms with Crippen molar-refractivity contribution in [3.8, 4) is 11.3 Å². The highest BCUT2D eigenvalue weighted by molar-refractivity contribution is 9.10. The summed E-state index contributed by atoms with van der Waals surface area (Å²) in [6, 6.07) is 13.5. The quantitative estimate of drug-likeness (QED) is 0.727. The molecule has 0 aliphatic heterocycles. The predicted octanol–water partition coefficient (Wildman–Crippen LogP) is 3.19. The van der Waals surface area contributed by atoms with E-state index in [0.29, 0.717) is 5.13 Å². The molecule has 0 spiro atoms. The Morgan fingerprint density at radius 2 is 1.71 bits per heavy atom. The van der Waals surface area contributed by atoms with Crippen molar-refractivity contribution in [3.63, 3.8) is 0 Å². The molecule has 3 aromatic rings. The molecule has 0 bridgehead atoms. The van der Waals surface area contributed by atoms with E-state index in [1.165, 1.54) is 29.5 Å². The van der Waals surface area contributed by atoms with Gasteiger partial charge in [-0.15, -0.1) is 11.3 Å². The Balaban J connectivity index is 1.81. The van der Waals surface area contributed by atoms with E-state index in [2.05, 4.69) is 26.2 Å². The van der Waals surface area contributed by atoms with Gasteiger partial charge in [-0.05, 0) is 18.2 Å². The highest BCUT2D eigenvalue weighted by Gasteiger charge is 2.14. The molecule has 2 aromatic carbocycles. The second kappa shape index (κ2) is 6.94. The minimum Gasteiger partial charge on any atom is -0.545 e. The molecule has 0 fully saturated rings. The van der Waals surface area contributed by atoms with Crippen LogP contribution in [0.25, 0.3) is 11.3 Å². The maximum absolute atomic E-state index is 12.3. The Kier molecular flexibility index (Phi) is 4.73. The van der Waals surface area contributed by atoms with Crippen molar-refractivity contribution < 1.29 is 14.7 Å². The maximum Gasteiger partial charge on any atom is 0.258 e. The summed E-state index contributed by atoms with van der Waals surface area (Å²) in [5, 5.41) is 15.9. The zero-order chi connectivity index (χ0) is 17.1. The van der Waals surface area contributed by atoms with Gasteiger partial charge in [0.2, 0.25) is 0 Å². The van der Waals surface area contributed by atoms with Crippen LogP contribution >= 0.6 is 27.3 Å². The summed E-state index contributed by atoms with van der Waals surface area (Å²) >= 11 is 4.64. The van der Waals surface area contributed by atoms with Crippen LogP contribution in [0.5, 0.6) is 0 Å². The fraction of sp³-hybridized carbons (Fsp3) is 0. The molecule has 0 saturated heterocycles. The average Bonchev–Trinajstić information content (AvgIpc) is 3.04. The zero-order valence-corrected chi connectivity index (χ0v) is 14.6. The molecule has 0 radical (unpaired) electrons. The van der Waals surface area contributed by atoms with Gasteiger partial charge in [-0.2, -0.15) is 0 Å². The molecular weight excluding hydrogens is 392 g/mol. The van der Waals surface area contributed by atoms with E-state index in [1.807, 2.05) is 29.6 Å². The maximum atomic E-state index is 12.3. The lowest BCUT2D eigenvalue weighted by Gasteiger charge is -2.09. The van der Waals surface area contributed by atoms with E-state index in [4.69, 9.17) is 0 Å². The summed E-state index contributed by atoms with van der Waals surface area (Å²) in [6.07, 6.45) is 0. The van der Waals surface area contributed by atoms with Gasteiger partial charge in [-0.3, -0.25) is 10.1 Å². The summed E-state index contributed by atoms with van der Waals surface area (Å²) in [4.78, 5) is 27.7. The fourth-order valence-electron chi connectivity index (χ4n) is 2.11.